The lowest BCUT2D eigenvalue weighted by atomic mass is 10.1. The summed E-state index contributed by atoms with van der Waals surface area (Å²) in [5, 5.41) is 14.2. The lowest BCUT2D eigenvalue weighted by Gasteiger charge is -2.04. The minimum atomic E-state index is -1.04. The maximum absolute atomic E-state index is 11.1. The number of carboxylic acids is 1. The Kier molecular flexibility index (Phi) is 3.20. The minimum absolute atomic E-state index is 0.0293. The number of nitrogens with zero attached hydrogens (tertiary/aromatic N) is 2. The number of furan rings is 1. The molecule has 5 nitrogen and oxygen atoms in total. The van der Waals surface area contributed by atoms with Gasteiger partial charge in [0, 0.05) is 23.6 Å². The third kappa shape index (κ3) is 2.36. The zero-order chi connectivity index (χ0) is 16.7. The molecular formula is C19H14N2O3. The van der Waals surface area contributed by atoms with E-state index in [2.05, 4.69) is 5.10 Å². The van der Waals surface area contributed by atoms with Gasteiger partial charge in [0.2, 0.25) is 0 Å². The molecule has 1 N–H and O–H groups in total. The van der Waals surface area contributed by atoms with Crippen LogP contribution in [0.15, 0.2) is 65.1 Å². The molecule has 0 amide bonds. The number of aromatic carboxylic acids is 1. The predicted molar refractivity (Wildman–Crippen MR) is 90.8 cm³/mol. The van der Waals surface area contributed by atoms with Crippen molar-refractivity contribution < 1.29 is 14.3 Å². The van der Waals surface area contributed by atoms with Crippen LogP contribution in [0.5, 0.6) is 0 Å². The summed E-state index contributed by atoms with van der Waals surface area (Å²) in [5.74, 6) is -0.260. The number of rotatable bonds is 3. The summed E-state index contributed by atoms with van der Waals surface area (Å²) in [6.07, 6.45) is 0. The number of para-hydroxylation sites is 1. The number of carboxylic acid groups (broad SMARTS) is 1. The molecule has 4 rings (SSSR count). The van der Waals surface area contributed by atoms with Gasteiger partial charge in [-0.3, -0.25) is 4.68 Å². The van der Waals surface area contributed by atoms with Crippen LogP contribution in [0, 0.1) is 0 Å². The fourth-order valence-corrected chi connectivity index (χ4v) is 2.80. The van der Waals surface area contributed by atoms with E-state index in [1.807, 2.05) is 54.6 Å². The second kappa shape index (κ2) is 5.38. The van der Waals surface area contributed by atoms with E-state index in [-0.39, 0.29) is 5.69 Å². The van der Waals surface area contributed by atoms with Crippen molar-refractivity contribution in [2.45, 2.75) is 0 Å². The van der Waals surface area contributed by atoms with Crippen LogP contribution >= 0.6 is 0 Å². The van der Waals surface area contributed by atoms with Crippen LogP contribution in [0.3, 0.4) is 0 Å². The molecule has 0 fully saturated rings. The van der Waals surface area contributed by atoms with Crippen molar-refractivity contribution in [2.24, 2.45) is 7.05 Å². The van der Waals surface area contributed by atoms with Gasteiger partial charge >= 0.3 is 5.97 Å². The Morgan fingerprint density at radius 3 is 2.58 bits per heavy atom. The second-order valence-electron chi connectivity index (χ2n) is 5.57. The number of benzene rings is 2. The first-order valence-electron chi connectivity index (χ1n) is 7.48. The largest absolute Gasteiger partial charge is 0.476 e. The van der Waals surface area contributed by atoms with Gasteiger partial charge < -0.3 is 9.52 Å². The van der Waals surface area contributed by atoms with E-state index in [4.69, 9.17) is 9.52 Å². The molecular weight excluding hydrogens is 304 g/mol. The number of hydrogen-bond donors (Lipinski definition) is 1. The van der Waals surface area contributed by atoms with Gasteiger partial charge in [-0.1, -0.05) is 36.4 Å². The lowest BCUT2D eigenvalue weighted by molar-refractivity contribution is 0.0689. The Bertz CT molecular complexity index is 1030. The molecule has 118 valence electrons. The molecule has 2 heterocycles. The van der Waals surface area contributed by atoms with E-state index in [1.54, 1.807) is 17.8 Å². The summed E-state index contributed by atoms with van der Waals surface area (Å²) in [6, 6.07) is 19.2. The van der Waals surface area contributed by atoms with Crippen LogP contribution in [-0.2, 0) is 7.05 Å². The first-order valence-corrected chi connectivity index (χ1v) is 7.48. The summed E-state index contributed by atoms with van der Waals surface area (Å²) in [6.45, 7) is 0. The highest BCUT2D eigenvalue weighted by Gasteiger charge is 2.14. The zero-order valence-electron chi connectivity index (χ0n) is 12.9. The molecule has 0 saturated heterocycles. The highest BCUT2D eigenvalue weighted by atomic mass is 16.4. The zero-order valence-corrected chi connectivity index (χ0v) is 12.9. The van der Waals surface area contributed by atoms with Crippen LogP contribution in [0.25, 0.3) is 33.6 Å². The summed E-state index contributed by atoms with van der Waals surface area (Å²) in [7, 11) is 1.73. The quantitative estimate of drug-likeness (QED) is 0.615. The summed E-state index contributed by atoms with van der Waals surface area (Å²) >= 11 is 0. The highest BCUT2D eigenvalue weighted by molar-refractivity contribution is 5.87. The maximum Gasteiger partial charge on any atom is 0.356 e. The van der Waals surface area contributed by atoms with Gasteiger partial charge in [-0.25, -0.2) is 4.79 Å². The Morgan fingerprint density at radius 2 is 1.83 bits per heavy atom. The minimum Gasteiger partial charge on any atom is -0.476 e. The first kappa shape index (κ1) is 14.3. The number of fused-ring (bicyclic) bond motifs is 1. The average molecular weight is 318 g/mol. The second-order valence-corrected chi connectivity index (χ2v) is 5.57. The number of aryl methyl sites for hydroxylation is 1. The normalized spacial score (nSPS) is 11.0. The molecule has 0 aliphatic rings. The molecule has 2 aromatic heterocycles. The molecule has 0 atom stereocenters. The molecule has 2 aromatic carbocycles. The Labute approximate surface area is 137 Å². The summed E-state index contributed by atoms with van der Waals surface area (Å²) in [5.41, 5.74) is 3.43. The Morgan fingerprint density at radius 1 is 1.04 bits per heavy atom. The average Bonchev–Trinajstić information content (AvgIpc) is 3.18. The molecule has 0 aliphatic carbocycles. The van der Waals surface area contributed by atoms with Crippen molar-refractivity contribution in [3.8, 4) is 22.6 Å². The van der Waals surface area contributed by atoms with Crippen molar-refractivity contribution in [2.75, 3.05) is 0 Å². The lowest BCUT2D eigenvalue weighted by Crippen LogP contribution is -1.99. The van der Waals surface area contributed by atoms with Gasteiger partial charge in [0.25, 0.3) is 0 Å². The first-order chi connectivity index (χ1) is 11.6. The van der Waals surface area contributed by atoms with Gasteiger partial charge in [0.05, 0.1) is 5.69 Å². The SMILES string of the molecule is Cn1nc(C(=O)O)cc1-c1cccc(-c2cc3ccccc3o2)c1. The maximum atomic E-state index is 11.1. The predicted octanol–water partition coefficient (Wildman–Crippen LogP) is 4.20. The molecule has 0 saturated carbocycles. The monoisotopic (exact) mass is 318 g/mol. The van der Waals surface area contributed by atoms with Gasteiger partial charge in [0.15, 0.2) is 5.69 Å². The molecule has 0 unspecified atom stereocenters. The third-order valence-electron chi connectivity index (χ3n) is 3.97. The summed E-state index contributed by atoms with van der Waals surface area (Å²) in [4.78, 5) is 11.1. The molecule has 0 spiro atoms. The van der Waals surface area contributed by atoms with E-state index in [9.17, 15) is 4.79 Å². The fourth-order valence-electron chi connectivity index (χ4n) is 2.80. The van der Waals surface area contributed by atoms with Crippen LogP contribution in [-0.4, -0.2) is 20.9 Å². The van der Waals surface area contributed by atoms with Gasteiger partial charge in [-0.2, -0.15) is 5.10 Å². The van der Waals surface area contributed by atoms with Gasteiger partial charge in [0.1, 0.15) is 11.3 Å². The van der Waals surface area contributed by atoms with Crippen molar-refractivity contribution in [1.29, 1.82) is 0 Å². The van der Waals surface area contributed by atoms with E-state index >= 15 is 0 Å². The van der Waals surface area contributed by atoms with E-state index in [0.29, 0.717) is 0 Å². The van der Waals surface area contributed by atoms with E-state index in [0.717, 1.165) is 33.6 Å². The molecule has 24 heavy (non-hydrogen) atoms. The molecule has 0 aliphatic heterocycles. The molecule has 5 heteroatoms. The van der Waals surface area contributed by atoms with E-state index < -0.39 is 5.97 Å². The number of hydrogen-bond acceptors (Lipinski definition) is 3. The molecule has 0 bridgehead atoms. The van der Waals surface area contributed by atoms with Gasteiger partial charge in [-0.15, -0.1) is 0 Å². The molecule has 4 aromatic rings. The van der Waals surface area contributed by atoms with Crippen molar-refractivity contribution in [3.05, 3.63) is 66.4 Å². The smallest absolute Gasteiger partial charge is 0.356 e. The topological polar surface area (TPSA) is 68.3 Å². The van der Waals surface area contributed by atoms with Crippen molar-refractivity contribution in [3.63, 3.8) is 0 Å². The fraction of sp³-hybridized carbons (Fsp3) is 0.0526. The molecule has 0 radical (unpaired) electrons. The van der Waals surface area contributed by atoms with Crippen molar-refractivity contribution in [1.82, 2.24) is 9.78 Å². The number of carbonyl (C=O) groups is 1. The van der Waals surface area contributed by atoms with Crippen LogP contribution in [0.2, 0.25) is 0 Å². The van der Waals surface area contributed by atoms with E-state index in [1.165, 1.54) is 0 Å². The van der Waals surface area contributed by atoms with Crippen LogP contribution < -0.4 is 0 Å². The highest BCUT2D eigenvalue weighted by Crippen LogP contribution is 2.30. The summed E-state index contributed by atoms with van der Waals surface area (Å²) < 4.78 is 7.47. The van der Waals surface area contributed by atoms with Gasteiger partial charge in [-0.05, 0) is 24.3 Å². The van der Waals surface area contributed by atoms with Crippen LogP contribution in [0.1, 0.15) is 10.5 Å². The number of aromatic nitrogens is 2. The van der Waals surface area contributed by atoms with Crippen LogP contribution in [0.4, 0.5) is 0 Å². The standard InChI is InChI=1S/C19H14N2O3/c1-21-16(11-15(20-21)19(22)23)12-6-4-7-13(9-12)18-10-14-5-2-3-8-17(14)24-18/h2-11H,1H3,(H,22,23). The Balaban J connectivity index is 1.80. The Hall–Kier alpha value is -3.34. The van der Waals surface area contributed by atoms with Crippen molar-refractivity contribution >= 4 is 16.9 Å². The third-order valence-corrected chi connectivity index (χ3v) is 3.97.